The summed E-state index contributed by atoms with van der Waals surface area (Å²) in [6.07, 6.45) is 1.57. The molecule has 2 heterocycles. The summed E-state index contributed by atoms with van der Waals surface area (Å²) in [5, 5.41) is 11.4. The first-order valence-corrected chi connectivity index (χ1v) is 10.6. The highest BCUT2D eigenvalue weighted by Crippen LogP contribution is 2.21. The molecular weight excluding hydrogens is 438 g/mol. The van der Waals surface area contributed by atoms with Crippen LogP contribution in [0, 0.1) is 11.6 Å². The maximum absolute atomic E-state index is 13.3. The summed E-state index contributed by atoms with van der Waals surface area (Å²) >= 11 is 1.16. The van der Waals surface area contributed by atoms with Crippen molar-refractivity contribution in [3.8, 4) is 5.75 Å². The average molecular weight is 456 g/mol. The van der Waals surface area contributed by atoms with E-state index in [1.165, 1.54) is 6.07 Å². The van der Waals surface area contributed by atoms with E-state index in [0.29, 0.717) is 29.0 Å². The SMILES string of the molecule is O=C(CSc1nnc(COc2ccccc2)n1Cc1ccco1)Nc1ccc(F)c(F)c1. The fraction of sp³-hybridized carbons (Fsp3) is 0.136. The van der Waals surface area contributed by atoms with Gasteiger partial charge < -0.3 is 14.5 Å². The zero-order chi connectivity index (χ0) is 22.3. The van der Waals surface area contributed by atoms with E-state index in [1.54, 1.807) is 16.9 Å². The minimum Gasteiger partial charge on any atom is -0.486 e. The third-order valence-corrected chi connectivity index (χ3v) is 5.30. The fourth-order valence-electron chi connectivity index (χ4n) is 2.82. The van der Waals surface area contributed by atoms with Crippen molar-refractivity contribution >= 4 is 23.4 Å². The van der Waals surface area contributed by atoms with Gasteiger partial charge in [-0.2, -0.15) is 0 Å². The van der Waals surface area contributed by atoms with E-state index < -0.39 is 17.5 Å². The van der Waals surface area contributed by atoms with Crippen LogP contribution in [0.25, 0.3) is 0 Å². The van der Waals surface area contributed by atoms with Crippen LogP contribution in [0.2, 0.25) is 0 Å². The molecule has 2 aromatic heterocycles. The third-order valence-electron chi connectivity index (χ3n) is 4.33. The molecular formula is C22H18F2N4O3S. The molecule has 0 aliphatic carbocycles. The standard InChI is InChI=1S/C22H18F2N4O3S/c23-18-9-8-15(11-19(18)24)25-21(29)14-32-22-27-26-20(13-31-16-5-2-1-3-6-16)28(22)12-17-7-4-10-30-17/h1-11H,12-14H2,(H,25,29). The molecule has 10 heteroatoms. The molecule has 7 nitrogen and oxygen atoms in total. The van der Waals surface area contributed by atoms with Crippen LogP contribution in [0.5, 0.6) is 5.75 Å². The lowest BCUT2D eigenvalue weighted by molar-refractivity contribution is -0.113. The Morgan fingerprint density at radius 3 is 2.66 bits per heavy atom. The lowest BCUT2D eigenvalue weighted by atomic mass is 10.3. The van der Waals surface area contributed by atoms with Crippen molar-refractivity contribution in [1.82, 2.24) is 14.8 Å². The quantitative estimate of drug-likeness (QED) is 0.373. The molecule has 164 valence electrons. The van der Waals surface area contributed by atoms with E-state index in [0.717, 1.165) is 23.9 Å². The Balaban J connectivity index is 1.44. The molecule has 2 aromatic carbocycles. The molecule has 0 saturated carbocycles. The largest absolute Gasteiger partial charge is 0.486 e. The third kappa shape index (κ3) is 5.52. The van der Waals surface area contributed by atoms with E-state index in [-0.39, 0.29) is 18.0 Å². The minimum absolute atomic E-state index is 0.00513. The number of aromatic nitrogens is 3. The number of nitrogens with one attached hydrogen (secondary N) is 1. The molecule has 32 heavy (non-hydrogen) atoms. The van der Waals surface area contributed by atoms with Crippen LogP contribution in [0.4, 0.5) is 14.5 Å². The zero-order valence-electron chi connectivity index (χ0n) is 16.7. The van der Waals surface area contributed by atoms with Gasteiger partial charge in [-0.1, -0.05) is 30.0 Å². The first-order valence-electron chi connectivity index (χ1n) is 9.58. The summed E-state index contributed by atoms with van der Waals surface area (Å²) in [4.78, 5) is 12.3. The number of nitrogens with zero attached hydrogens (tertiary/aromatic N) is 3. The Kier molecular flexibility index (Phi) is 6.81. The molecule has 0 bridgehead atoms. The van der Waals surface area contributed by atoms with Crippen molar-refractivity contribution < 1.29 is 22.7 Å². The highest BCUT2D eigenvalue weighted by Gasteiger charge is 2.17. The number of hydrogen-bond acceptors (Lipinski definition) is 6. The monoisotopic (exact) mass is 456 g/mol. The molecule has 0 atom stereocenters. The smallest absolute Gasteiger partial charge is 0.234 e. The Morgan fingerprint density at radius 1 is 1.06 bits per heavy atom. The number of ether oxygens (including phenoxy) is 1. The van der Waals surface area contributed by atoms with Crippen LogP contribution in [0.1, 0.15) is 11.6 Å². The van der Waals surface area contributed by atoms with E-state index in [9.17, 15) is 13.6 Å². The highest BCUT2D eigenvalue weighted by molar-refractivity contribution is 7.99. The molecule has 0 saturated heterocycles. The number of amides is 1. The number of rotatable bonds is 9. The first kappa shape index (κ1) is 21.6. The predicted octanol–water partition coefficient (Wildman–Crippen LogP) is 4.51. The molecule has 0 fully saturated rings. The summed E-state index contributed by atoms with van der Waals surface area (Å²) in [5.74, 6) is -0.455. The summed E-state index contributed by atoms with van der Waals surface area (Å²) in [6, 6.07) is 16.1. The number of benzene rings is 2. The van der Waals surface area contributed by atoms with Gasteiger partial charge in [0.15, 0.2) is 22.6 Å². The van der Waals surface area contributed by atoms with Crippen LogP contribution in [0.15, 0.2) is 76.5 Å². The zero-order valence-corrected chi connectivity index (χ0v) is 17.5. The summed E-state index contributed by atoms with van der Waals surface area (Å²) < 4.78 is 39.4. The van der Waals surface area contributed by atoms with Crippen LogP contribution in [-0.2, 0) is 17.9 Å². The Morgan fingerprint density at radius 2 is 1.91 bits per heavy atom. The lowest BCUT2D eigenvalue weighted by Crippen LogP contribution is -2.15. The van der Waals surface area contributed by atoms with Crippen LogP contribution in [0.3, 0.4) is 0 Å². The second-order valence-corrected chi connectivity index (χ2v) is 7.57. The number of hydrogen-bond donors (Lipinski definition) is 1. The minimum atomic E-state index is -1.03. The maximum atomic E-state index is 13.3. The van der Waals surface area contributed by atoms with Gasteiger partial charge in [0.2, 0.25) is 5.91 Å². The number of para-hydroxylation sites is 1. The topological polar surface area (TPSA) is 82.2 Å². The Labute approximate surface area is 186 Å². The van der Waals surface area contributed by atoms with Crippen LogP contribution in [-0.4, -0.2) is 26.4 Å². The number of furan rings is 1. The van der Waals surface area contributed by atoms with Gasteiger partial charge in [0, 0.05) is 11.8 Å². The Bertz CT molecular complexity index is 1180. The Hall–Kier alpha value is -3.66. The van der Waals surface area contributed by atoms with Crippen molar-refractivity contribution in [2.45, 2.75) is 18.3 Å². The van der Waals surface area contributed by atoms with Gasteiger partial charge in [0.25, 0.3) is 0 Å². The van der Waals surface area contributed by atoms with E-state index in [1.807, 2.05) is 36.4 Å². The maximum Gasteiger partial charge on any atom is 0.234 e. The normalized spacial score (nSPS) is 10.8. The van der Waals surface area contributed by atoms with Gasteiger partial charge in [-0.05, 0) is 36.4 Å². The molecule has 1 N–H and O–H groups in total. The van der Waals surface area contributed by atoms with Crippen LogP contribution < -0.4 is 10.1 Å². The van der Waals surface area contributed by atoms with Gasteiger partial charge in [0.1, 0.15) is 18.1 Å². The second-order valence-electron chi connectivity index (χ2n) is 6.63. The van der Waals surface area contributed by atoms with Crippen molar-refractivity contribution in [1.29, 1.82) is 0 Å². The average Bonchev–Trinajstić information content (AvgIpc) is 3.45. The molecule has 0 spiro atoms. The van der Waals surface area contributed by atoms with Gasteiger partial charge in [-0.3, -0.25) is 9.36 Å². The molecule has 4 rings (SSSR count). The van der Waals surface area contributed by atoms with E-state index in [4.69, 9.17) is 9.15 Å². The number of halogens is 2. The van der Waals surface area contributed by atoms with Crippen molar-refractivity contribution in [3.63, 3.8) is 0 Å². The number of carbonyl (C=O) groups excluding carboxylic acids is 1. The van der Waals surface area contributed by atoms with Gasteiger partial charge in [0.05, 0.1) is 18.6 Å². The van der Waals surface area contributed by atoms with Crippen molar-refractivity contribution in [3.05, 3.63) is 90.1 Å². The number of anilines is 1. The molecule has 0 radical (unpaired) electrons. The van der Waals surface area contributed by atoms with E-state index in [2.05, 4.69) is 15.5 Å². The molecule has 0 aliphatic heterocycles. The van der Waals surface area contributed by atoms with Crippen molar-refractivity contribution in [2.75, 3.05) is 11.1 Å². The fourth-order valence-corrected chi connectivity index (χ4v) is 3.57. The van der Waals surface area contributed by atoms with Gasteiger partial charge in [-0.15, -0.1) is 10.2 Å². The van der Waals surface area contributed by atoms with Gasteiger partial charge in [-0.25, -0.2) is 8.78 Å². The number of thioether (sulfide) groups is 1. The summed E-state index contributed by atoms with van der Waals surface area (Å²) in [6.45, 7) is 0.542. The second kappa shape index (κ2) is 10.1. The lowest BCUT2D eigenvalue weighted by Gasteiger charge is -2.10. The van der Waals surface area contributed by atoms with E-state index >= 15 is 0 Å². The highest BCUT2D eigenvalue weighted by atomic mass is 32.2. The molecule has 0 unspecified atom stereocenters. The number of carbonyl (C=O) groups is 1. The first-order chi connectivity index (χ1) is 15.6. The molecule has 0 aliphatic rings. The van der Waals surface area contributed by atoms with Gasteiger partial charge >= 0.3 is 0 Å². The molecule has 4 aromatic rings. The summed E-state index contributed by atoms with van der Waals surface area (Å²) in [7, 11) is 0. The predicted molar refractivity (Wildman–Crippen MR) is 114 cm³/mol. The van der Waals surface area contributed by atoms with Crippen LogP contribution >= 0.6 is 11.8 Å². The van der Waals surface area contributed by atoms with Crippen molar-refractivity contribution in [2.24, 2.45) is 0 Å². The molecule has 1 amide bonds. The summed E-state index contributed by atoms with van der Waals surface area (Å²) in [5.41, 5.74) is 0.170.